The average Bonchev–Trinajstić information content (AvgIpc) is 2.40. The maximum atomic E-state index is 10.5. The van der Waals surface area contributed by atoms with Crippen LogP contribution in [-0.2, 0) is 9.59 Å². The van der Waals surface area contributed by atoms with Gasteiger partial charge in [0, 0.05) is 0 Å². The molecule has 0 bridgehead atoms. The monoisotopic (exact) mass is 127 g/mol. The second kappa shape index (κ2) is 1.93. The van der Waals surface area contributed by atoms with Crippen LogP contribution in [0.5, 0.6) is 0 Å². The number of nitrogens with zero attached hydrogens (tertiary/aromatic N) is 2. The molecule has 0 aliphatic carbocycles. The van der Waals surface area contributed by atoms with Crippen molar-refractivity contribution in [3.8, 4) is 0 Å². The molecule has 5 heteroatoms. The van der Waals surface area contributed by atoms with Crippen LogP contribution in [0.15, 0.2) is 10.2 Å². The highest BCUT2D eigenvalue weighted by molar-refractivity contribution is 6.00. The summed E-state index contributed by atoms with van der Waals surface area (Å²) in [6, 6.07) is 0. The SMILES string of the molecule is NC(=O)CC(=O)C1N=N1. The van der Waals surface area contributed by atoms with E-state index in [1.807, 2.05) is 0 Å². The molecule has 0 aromatic rings. The van der Waals surface area contributed by atoms with E-state index in [4.69, 9.17) is 5.73 Å². The molecular formula is C4H5N3O2. The second-order valence-electron chi connectivity index (χ2n) is 1.71. The van der Waals surface area contributed by atoms with Crippen molar-refractivity contribution in [3.63, 3.8) is 0 Å². The third-order valence-electron chi connectivity index (χ3n) is 0.867. The van der Waals surface area contributed by atoms with Crippen molar-refractivity contribution < 1.29 is 9.59 Å². The zero-order valence-electron chi connectivity index (χ0n) is 4.57. The van der Waals surface area contributed by atoms with Crippen LogP contribution >= 0.6 is 0 Å². The van der Waals surface area contributed by atoms with E-state index in [0.717, 1.165) is 0 Å². The van der Waals surface area contributed by atoms with Crippen LogP contribution in [0.1, 0.15) is 6.42 Å². The third-order valence-corrected chi connectivity index (χ3v) is 0.867. The van der Waals surface area contributed by atoms with Crippen molar-refractivity contribution in [1.82, 2.24) is 0 Å². The Kier molecular flexibility index (Phi) is 1.26. The minimum atomic E-state index is -0.627. The summed E-state index contributed by atoms with van der Waals surface area (Å²) in [4.78, 5) is 20.6. The Bertz CT molecular complexity index is 180. The number of hydrogen-bond donors (Lipinski definition) is 1. The number of rotatable bonds is 3. The molecule has 0 fully saturated rings. The fraction of sp³-hybridized carbons (Fsp3) is 0.500. The average molecular weight is 127 g/mol. The lowest BCUT2D eigenvalue weighted by atomic mass is 10.2. The summed E-state index contributed by atoms with van der Waals surface area (Å²) in [5.74, 6) is -0.945. The van der Waals surface area contributed by atoms with Gasteiger partial charge in [-0.3, -0.25) is 9.59 Å². The van der Waals surface area contributed by atoms with Gasteiger partial charge in [0.25, 0.3) is 0 Å². The molecule has 1 aliphatic rings. The lowest BCUT2D eigenvalue weighted by molar-refractivity contribution is -0.126. The molecule has 1 heterocycles. The predicted octanol–water partition coefficient (Wildman–Crippen LogP) is -0.777. The van der Waals surface area contributed by atoms with Crippen LogP contribution in [0, 0.1) is 0 Å². The van der Waals surface area contributed by atoms with Gasteiger partial charge in [0.05, 0.1) is 6.42 Å². The van der Waals surface area contributed by atoms with Crippen molar-refractivity contribution in [2.75, 3.05) is 0 Å². The quantitative estimate of drug-likeness (QED) is 0.504. The topological polar surface area (TPSA) is 84.9 Å². The number of nitrogens with two attached hydrogens (primary N) is 1. The summed E-state index contributed by atoms with van der Waals surface area (Å²) < 4.78 is 0. The van der Waals surface area contributed by atoms with Crippen molar-refractivity contribution in [3.05, 3.63) is 0 Å². The number of hydrogen-bond acceptors (Lipinski definition) is 4. The summed E-state index contributed by atoms with van der Waals surface area (Å²) in [6.07, 6.45) is -0.838. The number of amides is 1. The van der Waals surface area contributed by atoms with Gasteiger partial charge in [-0.2, -0.15) is 10.2 Å². The number of carbonyl (C=O) groups excluding carboxylic acids is 2. The van der Waals surface area contributed by atoms with E-state index in [2.05, 4.69) is 10.2 Å². The van der Waals surface area contributed by atoms with E-state index < -0.39 is 12.1 Å². The Labute approximate surface area is 50.9 Å². The van der Waals surface area contributed by atoms with E-state index in [0.29, 0.717) is 0 Å². The minimum Gasteiger partial charge on any atom is -0.369 e. The normalized spacial score (nSPS) is 15.6. The molecule has 5 nitrogen and oxygen atoms in total. The zero-order valence-corrected chi connectivity index (χ0v) is 4.57. The van der Waals surface area contributed by atoms with Gasteiger partial charge in [0.2, 0.25) is 12.1 Å². The van der Waals surface area contributed by atoms with Gasteiger partial charge in [-0.1, -0.05) is 0 Å². The first-order valence-electron chi connectivity index (χ1n) is 2.41. The minimum absolute atomic E-state index is 0.252. The van der Waals surface area contributed by atoms with Gasteiger partial charge in [-0.05, 0) is 0 Å². The largest absolute Gasteiger partial charge is 0.369 e. The number of ketones is 1. The Hall–Kier alpha value is -1.26. The molecule has 0 atom stereocenters. The number of Topliss-reactive ketones (excluding diaryl/α,β-unsaturated/α-hetero) is 1. The predicted molar refractivity (Wildman–Crippen MR) is 27.5 cm³/mol. The van der Waals surface area contributed by atoms with E-state index in [-0.39, 0.29) is 12.2 Å². The van der Waals surface area contributed by atoms with Crippen LogP contribution in [0.4, 0.5) is 0 Å². The highest BCUT2D eigenvalue weighted by atomic mass is 16.2. The molecule has 1 aliphatic heterocycles. The van der Waals surface area contributed by atoms with Crippen LogP contribution < -0.4 is 5.73 Å². The summed E-state index contributed by atoms with van der Waals surface area (Å²) in [5, 5.41) is 6.65. The van der Waals surface area contributed by atoms with Gasteiger partial charge in [0.15, 0.2) is 5.78 Å². The van der Waals surface area contributed by atoms with E-state index >= 15 is 0 Å². The zero-order chi connectivity index (χ0) is 6.85. The van der Waals surface area contributed by atoms with Gasteiger partial charge in [-0.25, -0.2) is 0 Å². The Morgan fingerprint density at radius 3 is 2.33 bits per heavy atom. The molecule has 9 heavy (non-hydrogen) atoms. The smallest absolute Gasteiger partial charge is 0.238 e. The van der Waals surface area contributed by atoms with E-state index in [1.54, 1.807) is 0 Å². The van der Waals surface area contributed by atoms with Crippen molar-refractivity contribution in [1.29, 1.82) is 0 Å². The first-order valence-corrected chi connectivity index (χ1v) is 2.41. The fourth-order valence-corrected chi connectivity index (χ4v) is 0.425. The van der Waals surface area contributed by atoms with Crippen molar-refractivity contribution in [2.45, 2.75) is 12.6 Å². The molecule has 48 valence electrons. The van der Waals surface area contributed by atoms with Crippen LogP contribution in [0.3, 0.4) is 0 Å². The lowest BCUT2D eigenvalue weighted by Crippen LogP contribution is -2.19. The van der Waals surface area contributed by atoms with Crippen LogP contribution in [-0.4, -0.2) is 17.9 Å². The molecule has 0 aromatic heterocycles. The molecule has 0 radical (unpaired) electrons. The maximum absolute atomic E-state index is 10.5. The van der Waals surface area contributed by atoms with Gasteiger partial charge in [0.1, 0.15) is 0 Å². The summed E-state index contributed by atoms with van der Waals surface area (Å²) >= 11 is 0. The van der Waals surface area contributed by atoms with Crippen LogP contribution in [0.2, 0.25) is 0 Å². The first-order chi connectivity index (χ1) is 4.20. The maximum Gasteiger partial charge on any atom is 0.238 e. The van der Waals surface area contributed by atoms with Crippen LogP contribution in [0.25, 0.3) is 0 Å². The summed E-state index contributed by atoms with van der Waals surface area (Å²) in [6.45, 7) is 0. The van der Waals surface area contributed by atoms with E-state index in [9.17, 15) is 9.59 Å². The van der Waals surface area contributed by atoms with E-state index in [1.165, 1.54) is 0 Å². The van der Waals surface area contributed by atoms with Crippen molar-refractivity contribution in [2.24, 2.45) is 16.0 Å². The summed E-state index contributed by atoms with van der Waals surface area (Å²) in [7, 11) is 0. The second-order valence-corrected chi connectivity index (χ2v) is 1.71. The Morgan fingerprint density at radius 1 is 1.44 bits per heavy atom. The Morgan fingerprint density at radius 2 is 2.00 bits per heavy atom. The molecule has 0 spiro atoms. The highest BCUT2D eigenvalue weighted by Gasteiger charge is 2.26. The van der Waals surface area contributed by atoms with Gasteiger partial charge in [-0.15, -0.1) is 0 Å². The fourth-order valence-electron chi connectivity index (χ4n) is 0.425. The molecular weight excluding hydrogens is 122 g/mol. The first kappa shape index (κ1) is 5.87. The molecule has 1 rings (SSSR count). The molecule has 1 amide bonds. The number of carbonyl (C=O) groups is 2. The third kappa shape index (κ3) is 1.60. The standard InChI is InChI=1S/C4H5N3O2/c5-3(9)1-2(8)4-6-7-4/h4H,1H2,(H2,5,9). The molecule has 2 N–H and O–H groups in total. The van der Waals surface area contributed by atoms with Gasteiger partial charge < -0.3 is 5.73 Å². The summed E-state index contributed by atoms with van der Waals surface area (Å²) in [5.41, 5.74) is 4.72. The van der Waals surface area contributed by atoms with Gasteiger partial charge >= 0.3 is 0 Å². The Balaban J connectivity index is 2.26. The molecule has 0 saturated heterocycles. The lowest BCUT2D eigenvalue weighted by Gasteiger charge is -1.86. The highest BCUT2D eigenvalue weighted by Crippen LogP contribution is 2.12. The van der Waals surface area contributed by atoms with Crippen molar-refractivity contribution >= 4 is 11.7 Å². The molecule has 0 unspecified atom stereocenters. The molecule has 0 aromatic carbocycles. The number of primary amides is 1. The molecule has 0 saturated carbocycles.